The number of aryl methyl sites for hydroxylation is 1. The Morgan fingerprint density at radius 2 is 2.00 bits per heavy atom. The number of aromatic nitrogens is 2. The molecule has 3 aromatic rings. The first-order chi connectivity index (χ1) is 9.60. The van der Waals surface area contributed by atoms with Crippen molar-refractivity contribution in [2.45, 2.75) is 12.8 Å². The number of imidazole rings is 1. The summed E-state index contributed by atoms with van der Waals surface area (Å²) in [6, 6.07) is 12.0. The van der Waals surface area contributed by atoms with Gasteiger partial charge in [0.1, 0.15) is 5.82 Å². The molecule has 0 radical (unpaired) electrons. The van der Waals surface area contributed by atoms with Crippen molar-refractivity contribution in [1.29, 1.82) is 0 Å². The third kappa shape index (κ3) is 2.34. The van der Waals surface area contributed by atoms with E-state index in [4.69, 9.17) is 23.2 Å². The quantitative estimate of drug-likeness (QED) is 0.546. The fourth-order valence-electron chi connectivity index (χ4n) is 2.20. The van der Waals surface area contributed by atoms with Crippen molar-refractivity contribution in [3.05, 3.63) is 57.3 Å². The van der Waals surface area contributed by atoms with Crippen LogP contribution in [0.3, 0.4) is 0 Å². The Bertz CT molecular complexity index is 796. The van der Waals surface area contributed by atoms with Gasteiger partial charge in [-0.1, -0.05) is 33.6 Å². The van der Waals surface area contributed by atoms with Crippen LogP contribution < -0.4 is 0 Å². The van der Waals surface area contributed by atoms with Crippen LogP contribution in [0.2, 0.25) is 5.02 Å². The Morgan fingerprint density at radius 1 is 1.20 bits per heavy atom. The molecule has 1 aromatic heterocycles. The van der Waals surface area contributed by atoms with Gasteiger partial charge in [0.05, 0.1) is 16.9 Å². The Morgan fingerprint density at radius 3 is 2.70 bits per heavy atom. The first-order valence-corrected chi connectivity index (χ1v) is 7.80. The lowest BCUT2D eigenvalue weighted by molar-refractivity contribution is 0.981. The van der Waals surface area contributed by atoms with Crippen LogP contribution in [-0.2, 0) is 5.88 Å². The summed E-state index contributed by atoms with van der Waals surface area (Å²) in [5.74, 6) is 1.15. The average molecular weight is 370 g/mol. The number of rotatable bonds is 2. The van der Waals surface area contributed by atoms with E-state index in [1.54, 1.807) is 0 Å². The summed E-state index contributed by atoms with van der Waals surface area (Å²) in [4.78, 5) is 4.58. The zero-order chi connectivity index (χ0) is 14.3. The van der Waals surface area contributed by atoms with E-state index in [2.05, 4.69) is 20.9 Å². The Balaban J connectivity index is 2.30. The maximum Gasteiger partial charge on any atom is 0.129 e. The normalized spacial score (nSPS) is 11.2. The predicted molar refractivity (Wildman–Crippen MR) is 88.1 cm³/mol. The Labute approximate surface area is 135 Å². The van der Waals surface area contributed by atoms with Crippen molar-refractivity contribution in [3.63, 3.8) is 0 Å². The van der Waals surface area contributed by atoms with Gasteiger partial charge in [-0.3, -0.25) is 4.57 Å². The van der Waals surface area contributed by atoms with E-state index in [-0.39, 0.29) is 0 Å². The van der Waals surface area contributed by atoms with Gasteiger partial charge >= 0.3 is 0 Å². The van der Waals surface area contributed by atoms with Crippen LogP contribution in [0.15, 0.2) is 40.9 Å². The SMILES string of the molecule is Cc1ccc(-n2c(CCl)nc3cc(Br)ccc32)cc1Cl. The van der Waals surface area contributed by atoms with E-state index in [1.807, 2.05) is 47.9 Å². The molecular formula is C15H11BrCl2N2. The van der Waals surface area contributed by atoms with E-state index in [1.165, 1.54) is 0 Å². The molecular weight excluding hydrogens is 359 g/mol. The first kappa shape index (κ1) is 13.9. The number of nitrogens with zero attached hydrogens (tertiary/aromatic N) is 2. The minimum atomic E-state index is 0.345. The van der Waals surface area contributed by atoms with Gasteiger partial charge in [0.25, 0.3) is 0 Å². The lowest BCUT2D eigenvalue weighted by Gasteiger charge is -2.09. The predicted octanol–water partition coefficient (Wildman–Crippen LogP) is 5.49. The fourth-order valence-corrected chi connectivity index (χ4v) is 2.90. The molecule has 20 heavy (non-hydrogen) atoms. The zero-order valence-electron chi connectivity index (χ0n) is 10.7. The third-order valence-corrected chi connectivity index (χ3v) is 4.36. The molecule has 2 aromatic carbocycles. The van der Waals surface area contributed by atoms with Gasteiger partial charge in [-0.25, -0.2) is 4.98 Å². The van der Waals surface area contributed by atoms with E-state index >= 15 is 0 Å². The summed E-state index contributed by atoms with van der Waals surface area (Å²) in [6.07, 6.45) is 0. The maximum absolute atomic E-state index is 6.23. The van der Waals surface area contributed by atoms with Crippen LogP contribution in [0.25, 0.3) is 16.7 Å². The molecule has 0 aliphatic heterocycles. The highest BCUT2D eigenvalue weighted by Gasteiger charge is 2.12. The van der Waals surface area contributed by atoms with Crippen LogP contribution in [0.4, 0.5) is 0 Å². The third-order valence-electron chi connectivity index (χ3n) is 3.22. The molecule has 0 saturated heterocycles. The van der Waals surface area contributed by atoms with E-state index < -0.39 is 0 Å². The molecule has 0 fully saturated rings. The number of benzene rings is 2. The molecule has 0 N–H and O–H groups in total. The number of fused-ring (bicyclic) bond motifs is 1. The smallest absolute Gasteiger partial charge is 0.129 e. The van der Waals surface area contributed by atoms with Gasteiger partial charge in [0, 0.05) is 15.2 Å². The standard InChI is InChI=1S/C15H11BrCl2N2/c1-9-2-4-11(7-12(9)18)20-14-5-3-10(16)6-13(14)19-15(20)8-17/h2-7H,8H2,1H3. The number of hydrogen-bond acceptors (Lipinski definition) is 1. The highest BCUT2D eigenvalue weighted by Crippen LogP contribution is 2.27. The topological polar surface area (TPSA) is 17.8 Å². The molecule has 5 heteroatoms. The highest BCUT2D eigenvalue weighted by molar-refractivity contribution is 9.10. The van der Waals surface area contributed by atoms with Crippen LogP contribution in [0.1, 0.15) is 11.4 Å². The number of halogens is 3. The van der Waals surface area contributed by atoms with Crippen LogP contribution >= 0.6 is 39.1 Å². The van der Waals surface area contributed by atoms with E-state index in [0.29, 0.717) is 5.88 Å². The van der Waals surface area contributed by atoms with Gasteiger partial charge in [0.15, 0.2) is 0 Å². The van der Waals surface area contributed by atoms with Gasteiger partial charge in [-0.05, 0) is 42.8 Å². The molecule has 0 amide bonds. The molecule has 0 bridgehead atoms. The largest absolute Gasteiger partial charge is 0.295 e. The summed E-state index contributed by atoms with van der Waals surface area (Å²) < 4.78 is 3.04. The molecule has 0 spiro atoms. The monoisotopic (exact) mass is 368 g/mol. The molecule has 0 atom stereocenters. The first-order valence-electron chi connectivity index (χ1n) is 6.09. The highest BCUT2D eigenvalue weighted by atomic mass is 79.9. The summed E-state index contributed by atoms with van der Waals surface area (Å²) in [6.45, 7) is 1.98. The van der Waals surface area contributed by atoms with Crippen LogP contribution in [-0.4, -0.2) is 9.55 Å². The summed E-state index contributed by atoms with van der Waals surface area (Å²) in [5, 5.41) is 0.738. The fraction of sp³-hybridized carbons (Fsp3) is 0.133. The maximum atomic E-state index is 6.23. The van der Waals surface area contributed by atoms with Gasteiger partial charge in [-0.15, -0.1) is 11.6 Å². The molecule has 1 heterocycles. The summed E-state index contributed by atoms with van der Waals surface area (Å²) in [7, 11) is 0. The summed E-state index contributed by atoms with van der Waals surface area (Å²) in [5.41, 5.74) is 3.95. The van der Waals surface area contributed by atoms with Gasteiger partial charge in [0.2, 0.25) is 0 Å². The van der Waals surface area contributed by atoms with Crippen molar-refractivity contribution in [2.75, 3.05) is 0 Å². The van der Waals surface area contributed by atoms with Crippen molar-refractivity contribution < 1.29 is 0 Å². The van der Waals surface area contributed by atoms with E-state index in [0.717, 1.165) is 37.6 Å². The number of hydrogen-bond donors (Lipinski definition) is 0. The van der Waals surface area contributed by atoms with Crippen LogP contribution in [0, 0.1) is 6.92 Å². The van der Waals surface area contributed by atoms with Crippen molar-refractivity contribution in [1.82, 2.24) is 9.55 Å². The van der Waals surface area contributed by atoms with Crippen molar-refractivity contribution in [3.8, 4) is 5.69 Å². The molecule has 102 valence electrons. The van der Waals surface area contributed by atoms with Crippen LogP contribution in [0.5, 0.6) is 0 Å². The second-order valence-electron chi connectivity index (χ2n) is 4.56. The second kappa shape index (κ2) is 5.40. The average Bonchev–Trinajstić information content (AvgIpc) is 2.79. The van der Waals surface area contributed by atoms with Gasteiger partial charge < -0.3 is 0 Å². The Hall–Kier alpha value is -1.03. The number of alkyl halides is 1. The minimum Gasteiger partial charge on any atom is -0.295 e. The molecule has 0 aliphatic rings. The van der Waals surface area contributed by atoms with Crippen molar-refractivity contribution in [2.24, 2.45) is 0 Å². The molecule has 0 aliphatic carbocycles. The van der Waals surface area contributed by atoms with Gasteiger partial charge in [-0.2, -0.15) is 0 Å². The molecule has 0 saturated carbocycles. The Kier molecular flexibility index (Phi) is 3.76. The second-order valence-corrected chi connectivity index (χ2v) is 6.15. The minimum absolute atomic E-state index is 0.345. The molecule has 3 rings (SSSR count). The van der Waals surface area contributed by atoms with Crippen molar-refractivity contribution >= 4 is 50.2 Å². The van der Waals surface area contributed by atoms with E-state index in [9.17, 15) is 0 Å². The molecule has 0 unspecified atom stereocenters. The molecule has 2 nitrogen and oxygen atoms in total. The summed E-state index contributed by atoms with van der Waals surface area (Å²) >= 11 is 15.7. The zero-order valence-corrected chi connectivity index (χ0v) is 13.8. The lowest BCUT2D eigenvalue weighted by atomic mass is 10.2. The lowest BCUT2D eigenvalue weighted by Crippen LogP contribution is -1.99.